The second-order valence-electron chi connectivity index (χ2n) is 5.35. The van der Waals surface area contributed by atoms with Crippen molar-refractivity contribution in [2.24, 2.45) is 0 Å². The number of carbonyl (C=O) groups excluding carboxylic acids is 1. The van der Waals surface area contributed by atoms with Crippen molar-refractivity contribution in [2.75, 3.05) is 13.7 Å². The fourth-order valence-corrected chi connectivity index (χ4v) is 3.49. The fourth-order valence-electron chi connectivity index (χ4n) is 2.69. The van der Waals surface area contributed by atoms with Crippen LogP contribution in [0.1, 0.15) is 46.7 Å². The molecule has 7 heteroatoms. The van der Waals surface area contributed by atoms with Gasteiger partial charge in [-0.1, -0.05) is 12.5 Å². The SMILES string of the molecule is CO[C@@H](CNC(=O)c1nnc2n1CCCCC2)c1cccs1. The molecule has 1 N–H and O–H groups in total. The molecule has 1 aliphatic heterocycles. The van der Waals surface area contributed by atoms with E-state index in [2.05, 4.69) is 15.5 Å². The topological polar surface area (TPSA) is 69.0 Å². The monoisotopic (exact) mass is 320 g/mol. The number of aryl methyl sites for hydroxylation is 1. The summed E-state index contributed by atoms with van der Waals surface area (Å²) < 4.78 is 7.40. The Bertz CT molecular complexity index is 624. The molecule has 3 heterocycles. The van der Waals surface area contributed by atoms with Crippen LogP contribution >= 0.6 is 11.3 Å². The minimum atomic E-state index is -0.181. The fraction of sp³-hybridized carbons (Fsp3) is 0.533. The zero-order chi connectivity index (χ0) is 15.4. The Morgan fingerprint density at radius 1 is 1.45 bits per heavy atom. The van der Waals surface area contributed by atoms with E-state index in [1.807, 2.05) is 22.1 Å². The van der Waals surface area contributed by atoms with E-state index in [0.29, 0.717) is 12.4 Å². The van der Waals surface area contributed by atoms with E-state index in [-0.39, 0.29) is 12.0 Å². The molecule has 0 unspecified atom stereocenters. The van der Waals surface area contributed by atoms with Gasteiger partial charge in [-0.05, 0) is 24.3 Å². The highest BCUT2D eigenvalue weighted by atomic mass is 32.1. The molecule has 0 radical (unpaired) electrons. The molecule has 0 saturated heterocycles. The van der Waals surface area contributed by atoms with Gasteiger partial charge in [0.05, 0.1) is 0 Å². The van der Waals surface area contributed by atoms with Gasteiger partial charge in [0.25, 0.3) is 5.91 Å². The summed E-state index contributed by atoms with van der Waals surface area (Å²) >= 11 is 1.62. The van der Waals surface area contributed by atoms with E-state index < -0.39 is 0 Å². The first-order valence-electron chi connectivity index (χ1n) is 7.56. The van der Waals surface area contributed by atoms with E-state index in [0.717, 1.165) is 36.5 Å². The van der Waals surface area contributed by atoms with Crippen molar-refractivity contribution < 1.29 is 9.53 Å². The number of rotatable bonds is 5. The van der Waals surface area contributed by atoms with Gasteiger partial charge in [-0.3, -0.25) is 4.79 Å². The van der Waals surface area contributed by atoms with Crippen molar-refractivity contribution >= 4 is 17.2 Å². The smallest absolute Gasteiger partial charge is 0.289 e. The summed E-state index contributed by atoms with van der Waals surface area (Å²) in [6, 6.07) is 3.99. The number of ether oxygens (including phenoxy) is 1. The third-order valence-electron chi connectivity index (χ3n) is 3.91. The number of carbonyl (C=O) groups is 1. The zero-order valence-corrected chi connectivity index (χ0v) is 13.4. The van der Waals surface area contributed by atoms with Crippen LogP contribution in [0, 0.1) is 0 Å². The highest BCUT2D eigenvalue weighted by Crippen LogP contribution is 2.21. The van der Waals surface area contributed by atoms with Gasteiger partial charge >= 0.3 is 0 Å². The number of nitrogens with zero attached hydrogens (tertiary/aromatic N) is 3. The van der Waals surface area contributed by atoms with Crippen molar-refractivity contribution in [1.29, 1.82) is 0 Å². The minimum absolute atomic E-state index is 0.129. The Labute approximate surface area is 133 Å². The lowest BCUT2D eigenvalue weighted by Gasteiger charge is -2.14. The van der Waals surface area contributed by atoms with Crippen LogP contribution in [0.3, 0.4) is 0 Å². The first-order chi connectivity index (χ1) is 10.8. The predicted octanol–water partition coefficient (Wildman–Crippen LogP) is 2.18. The molecule has 0 aliphatic carbocycles. The van der Waals surface area contributed by atoms with Crippen molar-refractivity contribution in [3.05, 3.63) is 34.0 Å². The highest BCUT2D eigenvalue weighted by molar-refractivity contribution is 7.10. The third kappa shape index (κ3) is 3.20. The van der Waals surface area contributed by atoms with Crippen molar-refractivity contribution in [2.45, 2.75) is 38.3 Å². The summed E-state index contributed by atoms with van der Waals surface area (Å²) in [6.07, 6.45) is 4.13. The number of hydrogen-bond donors (Lipinski definition) is 1. The molecule has 2 aromatic rings. The first-order valence-corrected chi connectivity index (χ1v) is 8.44. The molecule has 3 rings (SSSR count). The van der Waals surface area contributed by atoms with Crippen LogP contribution in [-0.2, 0) is 17.7 Å². The predicted molar refractivity (Wildman–Crippen MR) is 84.0 cm³/mol. The maximum Gasteiger partial charge on any atom is 0.289 e. The van der Waals surface area contributed by atoms with E-state index in [9.17, 15) is 4.79 Å². The van der Waals surface area contributed by atoms with Gasteiger partial charge in [-0.15, -0.1) is 21.5 Å². The van der Waals surface area contributed by atoms with Crippen molar-refractivity contribution in [1.82, 2.24) is 20.1 Å². The molecule has 0 spiro atoms. The van der Waals surface area contributed by atoms with Crippen LogP contribution in [0.5, 0.6) is 0 Å². The number of amides is 1. The molecule has 0 bridgehead atoms. The largest absolute Gasteiger partial charge is 0.374 e. The first kappa shape index (κ1) is 15.2. The lowest BCUT2D eigenvalue weighted by Crippen LogP contribution is -2.31. The second-order valence-corrected chi connectivity index (χ2v) is 6.33. The quantitative estimate of drug-likeness (QED) is 0.917. The van der Waals surface area contributed by atoms with Gasteiger partial charge in [0.1, 0.15) is 11.9 Å². The molecule has 0 aromatic carbocycles. The summed E-state index contributed by atoms with van der Waals surface area (Å²) in [6.45, 7) is 1.25. The van der Waals surface area contributed by atoms with Crippen molar-refractivity contribution in [3.63, 3.8) is 0 Å². The standard InChI is InChI=1S/C15H20N4O2S/c1-21-11(12-6-5-9-22-12)10-16-15(20)14-18-17-13-7-3-2-4-8-19(13)14/h5-6,9,11H,2-4,7-8,10H2,1H3,(H,16,20)/t11-/m0/s1. The maximum atomic E-state index is 12.4. The number of thiophene rings is 1. The van der Waals surface area contributed by atoms with Crippen LogP contribution in [0.2, 0.25) is 0 Å². The normalized spacial score (nSPS) is 15.9. The number of aromatic nitrogens is 3. The summed E-state index contributed by atoms with van der Waals surface area (Å²) in [5.74, 6) is 1.15. The molecule has 1 amide bonds. The Morgan fingerprint density at radius 2 is 2.36 bits per heavy atom. The van der Waals surface area contributed by atoms with Crippen molar-refractivity contribution in [3.8, 4) is 0 Å². The van der Waals surface area contributed by atoms with Crippen LogP contribution in [0.25, 0.3) is 0 Å². The maximum absolute atomic E-state index is 12.4. The highest BCUT2D eigenvalue weighted by Gasteiger charge is 2.21. The average molecular weight is 320 g/mol. The van der Waals surface area contributed by atoms with E-state index in [1.54, 1.807) is 18.4 Å². The van der Waals surface area contributed by atoms with Crippen LogP contribution in [-0.4, -0.2) is 34.3 Å². The number of hydrogen-bond acceptors (Lipinski definition) is 5. The van der Waals surface area contributed by atoms with Crippen LogP contribution in [0.15, 0.2) is 17.5 Å². The average Bonchev–Trinajstić information content (AvgIpc) is 3.14. The molecule has 6 nitrogen and oxygen atoms in total. The minimum Gasteiger partial charge on any atom is -0.374 e. The Hall–Kier alpha value is -1.73. The van der Waals surface area contributed by atoms with E-state index >= 15 is 0 Å². The lowest BCUT2D eigenvalue weighted by atomic mass is 10.2. The number of fused-ring (bicyclic) bond motifs is 1. The van der Waals surface area contributed by atoms with Gasteiger partial charge in [0.15, 0.2) is 0 Å². The summed E-state index contributed by atoms with van der Waals surface area (Å²) in [5, 5.41) is 13.1. The van der Waals surface area contributed by atoms with Crippen LogP contribution in [0.4, 0.5) is 0 Å². The van der Waals surface area contributed by atoms with Gasteiger partial charge in [0, 0.05) is 31.5 Å². The molecule has 2 aromatic heterocycles. The second kappa shape index (κ2) is 7.02. The van der Waals surface area contributed by atoms with Gasteiger partial charge in [-0.2, -0.15) is 0 Å². The molecule has 1 atom stereocenters. The van der Waals surface area contributed by atoms with Gasteiger partial charge in [0.2, 0.25) is 5.82 Å². The molecular weight excluding hydrogens is 300 g/mol. The molecule has 118 valence electrons. The number of nitrogens with one attached hydrogen (secondary N) is 1. The summed E-state index contributed by atoms with van der Waals surface area (Å²) in [5.41, 5.74) is 0. The Balaban J connectivity index is 1.66. The summed E-state index contributed by atoms with van der Waals surface area (Å²) in [7, 11) is 1.65. The Morgan fingerprint density at radius 3 is 3.14 bits per heavy atom. The third-order valence-corrected chi connectivity index (χ3v) is 4.87. The van der Waals surface area contributed by atoms with Gasteiger partial charge in [-0.25, -0.2) is 0 Å². The molecule has 22 heavy (non-hydrogen) atoms. The Kier molecular flexibility index (Phi) is 4.84. The molecule has 1 aliphatic rings. The van der Waals surface area contributed by atoms with Gasteiger partial charge < -0.3 is 14.6 Å². The number of methoxy groups -OCH3 is 1. The molecular formula is C15H20N4O2S. The lowest BCUT2D eigenvalue weighted by molar-refractivity contribution is 0.0825. The molecule has 0 fully saturated rings. The van der Waals surface area contributed by atoms with E-state index in [4.69, 9.17) is 4.74 Å². The van der Waals surface area contributed by atoms with E-state index in [1.165, 1.54) is 6.42 Å². The zero-order valence-electron chi connectivity index (χ0n) is 12.6. The molecule has 0 saturated carbocycles. The summed E-state index contributed by atoms with van der Waals surface area (Å²) in [4.78, 5) is 13.5. The van der Waals surface area contributed by atoms with Crippen LogP contribution < -0.4 is 5.32 Å².